The molecule has 2 aromatic rings. The average Bonchev–Trinajstić information content (AvgIpc) is 2.95. The normalized spacial score (nSPS) is 12.0. The largest absolute Gasteiger partial charge is 0.326 e. The zero-order valence-corrected chi connectivity index (χ0v) is 14.5. The van der Waals surface area contributed by atoms with Gasteiger partial charge in [0.2, 0.25) is 5.13 Å². The van der Waals surface area contributed by atoms with E-state index < -0.39 is 10.0 Å². The molecule has 2 heterocycles. The lowest BCUT2D eigenvalue weighted by Gasteiger charge is -2.01. The minimum absolute atomic E-state index is 0.251. The lowest BCUT2D eigenvalue weighted by atomic mass is 10.1. The van der Waals surface area contributed by atoms with E-state index in [1.54, 1.807) is 6.07 Å². The summed E-state index contributed by atoms with van der Waals surface area (Å²) in [6.07, 6.45) is 0.787. The highest BCUT2D eigenvalue weighted by Gasteiger charge is 2.20. The molecular weight excluding hydrogens is 328 g/mol. The Hall–Kier alpha value is -1.03. The first-order valence-corrected chi connectivity index (χ1v) is 9.58. The van der Waals surface area contributed by atoms with Crippen molar-refractivity contribution in [3.63, 3.8) is 0 Å². The first kappa shape index (κ1) is 16.3. The van der Waals surface area contributed by atoms with E-state index in [-0.39, 0.29) is 4.21 Å². The van der Waals surface area contributed by atoms with Gasteiger partial charge in [-0.1, -0.05) is 25.2 Å². The predicted molar refractivity (Wildman–Crippen MR) is 86.2 cm³/mol. The van der Waals surface area contributed by atoms with Crippen LogP contribution in [-0.2, 0) is 23.0 Å². The van der Waals surface area contributed by atoms with Gasteiger partial charge in [0.15, 0.2) is 0 Å². The molecule has 0 aliphatic heterocycles. The SMILES string of the molecule is Cc1cc(S(=O)(=O)Nc2nnc(CC(C)C)s2)sc1CN. The van der Waals surface area contributed by atoms with Crippen molar-refractivity contribution in [2.75, 3.05) is 4.72 Å². The zero-order chi connectivity index (χ0) is 15.6. The summed E-state index contributed by atoms with van der Waals surface area (Å²) in [5.74, 6) is 0.453. The van der Waals surface area contributed by atoms with Gasteiger partial charge in [-0.15, -0.1) is 21.5 Å². The van der Waals surface area contributed by atoms with Crippen LogP contribution in [0, 0.1) is 12.8 Å². The molecule has 21 heavy (non-hydrogen) atoms. The number of nitrogens with one attached hydrogen (secondary N) is 1. The van der Waals surface area contributed by atoms with Crippen molar-refractivity contribution < 1.29 is 8.42 Å². The van der Waals surface area contributed by atoms with Crippen LogP contribution in [0.5, 0.6) is 0 Å². The van der Waals surface area contributed by atoms with Crippen LogP contribution in [-0.4, -0.2) is 18.6 Å². The topological polar surface area (TPSA) is 98.0 Å². The summed E-state index contributed by atoms with van der Waals surface area (Å²) < 4.78 is 27.4. The molecule has 0 aromatic carbocycles. The minimum atomic E-state index is -3.62. The van der Waals surface area contributed by atoms with Gasteiger partial charge in [0.05, 0.1) is 0 Å². The Morgan fingerprint density at radius 3 is 2.62 bits per heavy atom. The number of hydrogen-bond acceptors (Lipinski definition) is 7. The van der Waals surface area contributed by atoms with E-state index in [2.05, 4.69) is 28.8 Å². The molecule has 0 bridgehead atoms. The van der Waals surface area contributed by atoms with Gasteiger partial charge in [0, 0.05) is 17.8 Å². The molecule has 9 heteroatoms. The molecule has 0 radical (unpaired) electrons. The maximum absolute atomic E-state index is 12.3. The molecule has 0 atom stereocenters. The highest BCUT2D eigenvalue weighted by Crippen LogP contribution is 2.28. The standard InChI is InChI=1S/C12H18N4O2S3/c1-7(2)4-10-14-15-12(20-10)16-21(17,18)11-5-8(3)9(6-13)19-11/h5,7H,4,6,13H2,1-3H3,(H,15,16). The van der Waals surface area contributed by atoms with Crippen LogP contribution in [0.4, 0.5) is 5.13 Å². The third kappa shape index (κ3) is 4.00. The summed E-state index contributed by atoms with van der Waals surface area (Å²) in [7, 11) is -3.62. The fourth-order valence-electron chi connectivity index (χ4n) is 1.72. The molecule has 2 aromatic heterocycles. The Labute approximate surface area is 132 Å². The van der Waals surface area contributed by atoms with Crippen LogP contribution in [0.3, 0.4) is 0 Å². The van der Waals surface area contributed by atoms with E-state index in [1.807, 2.05) is 6.92 Å². The molecule has 0 amide bonds. The number of thiophene rings is 1. The van der Waals surface area contributed by atoms with Gasteiger partial charge in [0.1, 0.15) is 9.22 Å². The smallest absolute Gasteiger partial charge is 0.273 e. The molecule has 116 valence electrons. The van der Waals surface area contributed by atoms with Crippen molar-refractivity contribution >= 4 is 37.8 Å². The van der Waals surface area contributed by atoms with Gasteiger partial charge in [0.25, 0.3) is 10.0 Å². The molecular formula is C12H18N4O2S3. The summed E-state index contributed by atoms with van der Waals surface area (Å²) in [6, 6.07) is 1.63. The minimum Gasteiger partial charge on any atom is -0.326 e. The number of aryl methyl sites for hydroxylation is 1. The van der Waals surface area contributed by atoms with Gasteiger partial charge < -0.3 is 5.73 Å². The number of nitrogens with two attached hydrogens (primary N) is 1. The first-order valence-electron chi connectivity index (χ1n) is 6.46. The molecule has 2 rings (SSSR count). The zero-order valence-electron chi connectivity index (χ0n) is 12.1. The summed E-state index contributed by atoms with van der Waals surface area (Å²) in [6.45, 7) is 6.34. The Balaban J connectivity index is 2.18. The van der Waals surface area contributed by atoms with E-state index in [1.165, 1.54) is 22.7 Å². The molecule has 0 fully saturated rings. The van der Waals surface area contributed by atoms with Gasteiger partial charge in [-0.05, 0) is 24.5 Å². The van der Waals surface area contributed by atoms with Crippen molar-refractivity contribution in [2.45, 2.75) is 37.9 Å². The quantitative estimate of drug-likeness (QED) is 0.837. The van der Waals surface area contributed by atoms with Crippen molar-refractivity contribution in [1.29, 1.82) is 0 Å². The van der Waals surface area contributed by atoms with E-state index in [4.69, 9.17) is 5.73 Å². The number of aromatic nitrogens is 2. The molecule has 0 spiro atoms. The highest BCUT2D eigenvalue weighted by atomic mass is 32.2. The third-order valence-corrected chi connectivity index (χ3v) is 6.78. The number of nitrogens with zero attached hydrogens (tertiary/aromatic N) is 2. The Morgan fingerprint density at radius 1 is 1.33 bits per heavy atom. The van der Waals surface area contributed by atoms with Gasteiger partial charge >= 0.3 is 0 Å². The predicted octanol–water partition coefficient (Wildman–Crippen LogP) is 2.37. The van der Waals surface area contributed by atoms with Gasteiger partial charge in [-0.2, -0.15) is 0 Å². The van der Waals surface area contributed by atoms with Crippen molar-refractivity contribution in [3.05, 3.63) is 21.5 Å². The van der Waals surface area contributed by atoms with E-state index in [9.17, 15) is 8.42 Å². The lowest BCUT2D eigenvalue weighted by Crippen LogP contribution is -2.11. The van der Waals surface area contributed by atoms with Crippen molar-refractivity contribution in [2.24, 2.45) is 11.7 Å². The van der Waals surface area contributed by atoms with Crippen LogP contribution in [0.25, 0.3) is 0 Å². The molecule has 0 saturated carbocycles. The average molecular weight is 347 g/mol. The Kier molecular flexibility index (Phi) is 4.97. The summed E-state index contributed by atoms with van der Waals surface area (Å²) >= 11 is 2.45. The van der Waals surface area contributed by atoms with Crippen LogP contribution >= 0.6 is 22.7 Å². The second kappa shape index (κ2) is 6.39. The second-order valence-corrected chi connectivity index (χ2v) is 9.19. The van der Waals surface area contributed by atoms with Crippen molar-refractivity contribution in [3.8, 4) is 0 Å². The number of anilines is 1. The molecule has 0 aliphatic carbocycles. The van der Waals surface area contributed by atoms with Gasteiger partial charge in [-0.3, -0.25) is 4.72 Å². The van der Waals surface area contributed by atoms with Crippen molar-refractivity contribution in [1.82, 2.24) is 10.2 Å². The van der Waals surface area contributed by atoms with Gasteiger partial charge in [-0.25, -0.2) is 8.42 Å². The van der Waals surface area contributed by atoms with Crippen LogP contribution < -0.4 is 10.5 Å². The van der Waals surface area contributed by atoms with Crippen LogP contribution in [0.2, 0.25) is 0 Å². The van der Waals surface area contributed by atoms with Crippen LogP contribution in [0.15, 0.2) is 10.3 Å². The molecule has 3 N–H and O–H groups in total. The van der Waals surface area contributed by atoms with Crippen LogP contribution in [0.1, 0.15) is 29.3 Å². The maximum atomic E-state index is 12.3. The third-order valence-electron chi connectivity index (χ3n) is 2.72. The summed E-state index contributed by atoms with van der Waals surface area (Å²) in [5.41, 5.74) is 6.47. The van der Waals surface area contributed by atoms with E-state index >= 15 is 0 Å². The Bertz CT molecular complexity index is 719. The molecule has 0 unspecified atom stereocenters. The Morgan fingerprint density at radius 2 is 2.05 bits per heavy atom. The fourth-order valence-corrected chi connectivity index (χ4v) is 5.37. The fraction of sp³-hybridized carbons (Fsp3) is 0.500. The van der Waals surface area contributed by atoms with E-state index in [0.717, 1.165) is 21.9 Å². The maximum Gasteiger partial charge on any atom is 0.273 e. The number of sulfonamides is 1. The second-order valence-electron chi connectivity index (χ2n) is 5.08. The lowest BCUT2D eigenvalue weighted by molar-refractivity contribution is 0.603. The molecule has 0 aliphatic rings. The summed E-state index contributed by atoms with van der Waals surface area (Å²) in [5, 5.41) is 9.01. The molecule has 6 nitrogen and oxygen atoms in total. The van der Waals surface area contributed by atoms with E-state index in [0.29, 0.717) is 17.6 Å². The number of hydrogen-bond donors (Lipinski definition) is 2. The summed E-state index contributed by atoms with van der Waals surface area (Å²) in [4.78, 5) is 0.869. The number of rotatable bonds is 6. The molecule has 0 saturated heterocycles. The first-order chi connectivity index (χ1) is 9.81. The monoisotopic (exact) mass is 346 g/mol. The highest BCUT2D eigenvalue weighted by molar-refractivity contribution is 7.94.